The number of amides is 1. The maximum atomic E-state index is 12.4. The van der Waals surface area contributed by atoms with Crippen molar-refractivity contribution >= 4 is 39.3 Å². The molecule has 0 spiro atoms. The van der Waals surface area contributed by atoms with E-state index in [-0.39, 0.29) is 11.7 Å². The van der Waals surface area contributed by atoms with Crippen LogP contribution in [-0.2, 0) is 11.3 Å². The summed E-state index contributed by atoms with van der Waals surface area (Å²) in [5.41, 5.74) is 2.97. The van der Waals surface area contributed by atoms with Crippen LogP contribution in [0.25, 0.3) is 11.6 Å². The van der Waals surface area contributed by atoms with Crippen LogP contribution in [0.15, 0.2) is 44.6 Å². The summed E-state index contributed by atoms with van der Waals surface area (Å²) < 4.78 is 8.24. The highest BCUT2D eigenvalue weighted by molar-refractivity contribution is 9.10. The number of para-hydroxylation sites is 1. The number of benzene rings is 1. The van der Waals surface area contributed by atoms with Gasteiger partial charge in [0, 0.05) is 12.2 Å². The molecule has 1 aromatic carbocycles. The number of nitrogens with one attached hydrogen (secondary N) is 1. The van der Waals surface area contributed by atoms with Gasteiger partial charge in [0.05, 0.1) is 5.75 Å². The van der Waals surface area contributed by atoms with Crippen molar-refractivity contribution < 1.29 is 9.21 Å². The average molecular weight is 449 g/mol. The molecule has 1 amide bonds. The highest BCUT2D eigenvalue weighted by atomic mass is 79.9. The van der Waals surface area contributed by atoms with E-state index in [1.54, 1.807) is 0 Å². The van der Waals surface area contributed by atoms with Crippen molar-refractivity contribution in [1.29, 1.82) is 0 Å². The minimum atomic E-state index is -0.0641. The summed E-state index contributed by atoms with van der Waals surface area (Å²) in [6.45, 7) is 6.81. The SMILES string of the molecule is CCCn1c(SCC(=O)Nc2c(C)cccc2C)nnc1-c1ccc(Br)o1. The first-order valence-electron chi connectivity index (χ1n) is 8.67. The van der Waals surface area contributed by atoms with E-state index >= 15 is 0 Å². The third kappa shape index (κ3) is 4.62. The van der Waals surface area contributed by atoms with Crippen LogP contribution in [0.3, 0.4) is 0 Å². The smallest absolute Gasteiger partial charge is 0.234 e. The molecule has 3 aromatic rings. The molecule has 8 heteroatoms. The second-order valence-electron chi connectivity index (χ2n) is 6.17. The fourth-order valence-electron chi connectivity index (χ4n) is 2.75. The van der Waals surface area contributed by atoms with E-state index in [4.69, 9.17) is 4.42 Å². The molecule has 0 aliphatic heterocycles. The number of hydrogen-bond donors (Lipinski definition) is 1. The van der Waals surface area contributed by atoms with Gasteiger partial charge in [-0.05, 0) is 59.5 Å². The summed E-state index contributed by atoms with van der Waals surface area (Å²) >= 11 is 4.68. The number of aromatic nitrogens is 3. The van der Waals surface area contributed by atoms with Crippen molar-refractivity contribution in [1.82, 2.24) is 14.8 Å². The van der Waals surface area contributed by atoms with E-state index in [1.165, 1.54) is 11.8 Å². The predicted octanol–water partition coefficient (Wildman–Crippen LogP) is 5.06. The maximum absolute atomic E-state index is 12.4. The molecule has 1 N–H and O–H groups in total. The van der Waals surface area contributed by atoms with Crippen molar-refractivity contribution in [2.24, 2.45) is 0 Å². The monoisotopic (exact) mass is 448 g/mol. The van der Waals surface area contributed by atoms with Crippen LogP contribution in [-0.4, -0.2) is 26.4 Å². The Bertz CT molecular complexity index is 931. The molecule has 0 aliphatic rings. The lowest BCUT2D eigenvalue weighted by molar-refractivity contribution is -0.113. The number of halogens is 1. The van der Waals surface area contributed by atoms with Crippen LogP contribution < -0.4 is 5.32 Å². The number of carbonyl (C=O) groups excluding carboxylic acids is 1. The van der Waals surface area contributed by atoms with Gasteiger partial charge in [-0.3, -0.25) is 9.36 Å². The van der Waals surface area contributed by atoms with Gasteiger partial charge in [0.2, 0.25) is 11.7 Å². The number of thioether (sulfide) groups is 1. The minimum Gasteiger partial charge on any atom is -0.446 e. The molecule has 0 fully saturated rings. The topological polar surface area (TPSA) is 73.0 Å². The van der Waals surface area contributed by atoms with E-state index in [9.17, 15) is 4.79 Å². The standard InChI is InChI=1S/C19H21BrN4O2S/c1-4-10-24-18(14-8-9-15(20)26-14)22-23-19(24)27-11-16(25)21-17-12(2)6-5-7-13(17)3/h5-9H,4,10-11H2,1-3H3,(H,21,25). The molecular formula is C19H21BrN4O2S. The third-order valence-corrected chi connectivity index (χ3v) is 5.43. The van der Waals surface area contributed by atoms with E-state index in [1.807, 2.05) is 48.7 Å². The summed E-state index contributed by atoms with van der Waals surface area (Å²) in [7, 11) is 0. The van der Waals surface area contributed by atoms with E-state index in [2.05, 4.69) is 38.4 Å². The molecule has 27 heavy (non-hydrogen) atoms. The van der Waals surface area contributed by atoms with Gasteiger partial charge in [-0.25, -0.2) is 0 Å². The zero-order valence-corrected chi connectivity index (χ0v) is 17.9. The van der Waals surface area contributed by atoms with Gasteiger partial charge in [0.15, 0.2) is 15.6 Å². The molecule has 0 unspecified atom stereocenters. The van der Waals surface area contributed by atoms with Crippen LogP contribution >= 0.6 is 27.7 Å². The lowest BCUT2D eigenvalue weighted by Crippen LogP contribution is -2.16. The Hall–Kier alpha value is -2.06. The Balaban J connectivity index is 1.72. The summed E-state index contributed by atoms with van der Waals surface area (Å²) in [6, 6.07) is 9.63. The highest BCUT2D eigenvalue weighted by Crippen LogP contribution is 2.28. The van der Waals surface area contributed by atoms with Crippen LogP contribution in [0.1, 0.15) is 24.5 Å². The summed E-state index contributed by atoms with van der Waals surface area (Å²) in [4.78, 5) is 12.4. The summed E-state index contributed by atoms with van der Waals surface area (Å²) in [5.74, 6) is 1.51. The second-order valence-corrected chi connectivity index (χ2v) is 7.89. The average Bonchev–Trinajstić information content (AvgIpc) is 3.23. The number of carbonyl (C=O) groups is 1. The summed E-state index contributed by atoms with van der Waals surface area (Å²) in [6.07, 6.45) is 0.926. The molecule has 0 saturated carbocycles. The normalized spacial score (nSPS) is 11.0. The number of anilines is 1. The van der Waals surface area contributed by atoms with Crippen LogP contribution in [0.2, 0.25) is 0 Å². The number of rotatable bonds is 7. The molecule has 0 aliphatic carbocycles. The van der Waals surface area contributed by atoms with Gasteiger partial charge < -0.3 is 9.73 Å². The van der Waals surface area contributed by atoms with Gasteiger partial charge in [0.25, 0.3) is 0 Å². The van der Waals surface area contributed by atoms with Gasteiger partial charge in [-0.15, -0.1) is 10.2 Å². The lowest BCUT2D eigenvalue weighted by atomic mass is 10.1. The quantitative estimate of drug-likeness (QED) is 0.511. The molecular weight excluding hydrogens is 428 g/mol. The van der Waals surface area contributed by atoms with Crippen molar-refractivity contribution in [3.05, 3.63) is 46.1 Å². The molecule has 0 radical (unpaired) electrons. The molecule has 6 nitrogen and oxygen atoms in total. The largest absolute Gasteiger partial charge is 0.446 e. The minimum absolute atomic E-state index is 0.0641. The van der Waals surface area contributed by atoms with Crippen LogP contribution in [0.5, 0.6) is 0 Å². The van der Waals surface area contributed by atoms with Crippen LogP contribution in [0, 0.1) is 13.8 Å². The Labute approximate surface area is 170 Å². The first-order valence-corrected chi connectivity index (χ1v) is 10.4. The molecule has 0 saturated heterocycles. The van der Waals surface area contributed by atoms with Crippen molar-refractivity contribution in [2.45, 2.75) is 38.9 Å². The van der Waals surface area contributed by atoms with Gasteiger partial charge in [0.1, 0.15) is 0 Å². The van der Waals surface area contributed by atoms with Crippen molar-refractivity contribution in [3.63, 3.8) is 0 Å². The number of nitrogens with zero attached hydrogens (tertiary/aromatic N) is 3. The van der Waals surface area contributed by atoms with Gasteiger partial charge in [-0.1, -0.05) is 36.9 Å². The first kappa shape index (κ1) is 19.7. The predicted molar refractivity (Wildman–Crippen MR) is 111 cm³/mol. The number of aryl methyl sites for hydroxylation is 2. The van der Waals surface area contributed by atoms with E-state index in [0.29, 0.717) is 21.4 Å². The molecule has 3 rings (SSSR count). The Morgan fingerprint density at radius 1 is 1.22 bits per heavy atom. The number of furan rings is 1. The zero-order chi connectivity index (χ0) is 19.4. The summed E-state index contributed by atoms with van der Waals surface area (Å²) in [5, 5.41) is 12.2. The van der Waals surface area contributed by atoms with Crippen molar-refractivity contribution in [3.8, 4) is 11.6 Å². The lowest BCUT2D eigenvalue weighted by Gasteiger charge is -2.11. The maximum Gasteiger partial charge on any atom is 0.234 e. The van der Waals surface area contributed by atoms with Gasteiger partial charge in [-0.2, -0.15) is 0 Å². The van der Waals surface area contributed by atoms with Crippen LogP contribution in [0.4, 0.5) is 5.69 Å². The Morgan fingerprint density at radius 3 is 2.59 bits per heavy atom. The highest BCUT2D eigenvalue weighted by Gasteiger charge is 2.18. The van der Waals surface area contributed by atoms with Crippen molar-refractivity contribution in [2.75, 3.05) is 11.1 Å². The van der Waals surface area contributed by atoms with E-state index in [0.717, 1.165) is 29.8 Å². The first-order chi connectivity index (χ1) is 13.0. The fourth-order valence-corrected chi connectivity index (χ4v) is 3.83. The molecule has 142 valence electrons. The Kier molecular flexibility index (Phi) is 6.38. The molecule has 2 aromatic heterocycles. The zero-order valence-electron chi connectivity index (χ0n) is 15.5. The molecule has 2 heterocycles. The fraction of sp³-hybridized carbons (Fsp3) is 0.316. The van der Waals surface area contributed by atoms with E-state index < -0.39 is 0 Å². The van der Waals surface area contributed by atoms with Gasteiger partial charge >= 0.3 is 0 Å². The Morgan fingerprint density at radius 2 is 1.96 bits per heavy atom. The number of hydrogen-bond acceptors (Lipinski definition) is 5. The second kappa shape index (κ2) is 8.75. The molecule has 0 bridgehead atoms. The third-order valence-electron chi connectivity index (χ3n) is 4.04. The molecule has 0 atom stereocenters.